The van der Waals surface area contributed by atoms with Crippen molar-refractivity contribution in [2.24, 2.45) is 0 Å². The van der Waals surface area contributed by atoms with Gasteiger partial charge >= 0.3 is 0 Å². The van der Waals surface area contributed by atoms with E-state index in [0.717, 1.165) is 8.95 Å². The monoisotopic (exact) mass is 487 g/mol. The van der Waals surface area contributed by atoms with Crippen LogP contribution in [0, 0.1) is 5.82 Å². The van der Waals surface area contributed by atoms with Gasteiger partial charge in [-0.1, -0.05) is 18.2 Å². The summed E-state index contributed by atoms with van der Waals surface area (Å²) in [6, 6.07) is 16.8. The Balaban J connectivity index is 1.89. The van der Waals surface area contributed by atoms with Crippen molar-refractivity contribution in [2.75, 3.05) is 5.32 Å². The maximum Gasteiger partial charge on any atom is 0.256 e. The van der Waals surface area contributed by atoms with Crippen LogP contribution < -0.4 is 5.32 Å². The third-order valence-electron chi connectivity index (χ3n) is 4.03. The Morgan fingerprint density at radius 3 is 2.44 bits per heavy atom. The zero-order valence-corrected chi connectivity index (χ0v) is 17.0. The SMILES string of the molecule is O=C(Nc1c(-c2ccc(F)cc2)nc2c(Br)cc(Br)cn12)c1ccccc1. The Morgan fingerprint density at radius 1 is 1.04 bits per heavy atom. The summed E-state index contributed by atoms with van der Waals surface area (Å²) in [5.74, 6) is -0.0781. The van der Waals surface area contributed by atoms with Crippen molar-refractivity contribution in [3.05, 3.63) is 87.2 Å². The summed E-state index contributed by atoms with van der Waals surface area (Å²) in [4.78, 5) is 17.4. The smallest absolute Gasteiger partial charge is 0.256 e. The van der Waals surface area contributed by atoms with Crippen molar-refractivity contribution in [3.63, 3.8) is 0 Å². The van der Waals surface area contributed by atoms with E-state index >= 15 is 0 Å². The van der Waals surface area contributed by atoms with Gasteiger partial charge in [0.25, 0.3) is 5.91 Å². The maximum absolute atomic E-state index is 13.3. The highest BCUT2D eigenvalue weighted by atomic mass is 79.9. The topological polar surface area (TPSA) is 46.4 Å². The van der Waals surface area contributed by atoms with Crippen LogP contribution in [0.2, 0.25) is 0 Å². The van der Waals surface area contributed by atoms with Gasteiger partial charge in [0.2, 0.25) is 0 Å². The lowest BCUT2D eigenvalue weighted by Gasteiger charge is -2.08. The van der Waals surface area contributed by atoms with Gasteiger partial charge in [0, 0.05) is 21.8 Å². The van der Waals surface area contributed by atoms with Crippen molar-refractivity contribution >= 4 is 49.2 Å². The number of aromatic nitrogens is 2. The first-order valence-electron chi connectivity index (χ1n) is 8.02. The molecule has 27 heavy (non-hydrogen) atoms. The molecule has 0 aliphatic carbocycles. The molecule has 0 unspecified atom stereocenters. The third-order valence-corrected chi connectivity index (χ3v) is 5.04. The molecule has 2 aromatic heterocycles. The minimum atomic E-state index is -0.332. The van der Waals surface area contributed by atoms with Crippen molar-refractivity contribution in [2.45, 2.75) is 0 Å². The fraction of sp³-hybridized carbons (Fsp3) is 0. The van der Waals surface area contributed by atoms with Crippen molar-refractivity contribution in [3.8, 4) is 11.3 Å². The Bertz CT molecular complexity index is 1140. The lowest BCUT2D eigenvalue weighted by atomic mass is 10.1. The highest BCUT2D eigenvalue weighted by Gasteiger charge is 2.19. The molecule has 1 amide bonds. The molecule has 0 spiro atoms. The second-order valence-electron chi connectivity index (χ2n) is 5.84. The van der Waals surface area contributed by atoms with Crippen LogP contribution in [0.3, 0.4) is 0 Å². The largest absolute Gasteiger partial charge is 0.306 e. The quantitative estimate of drug-likeness (QED) is 0.389. The van der Waals surface area contributed by atoms with E-state index in [1.165, 1.54) is 12.1 Å². The number of benzene rings is 2. The summed E-state index contributed by atoms with van der Waals surface area (Å²) >= 11 is 6.97. The second-order valence-corrected chi connectivity index (χ2v) is 7.61. The number of carbonyl (C=O) groups excluding carboxylic acids is 1. The Labute approximate surface area is 171 Å². The zero-order valence-electron chi connectivity index (χ0n) is 13.8. The lowest BCUT2D eigenvalue weighted by molar-refractivity contribution is 0.102. The molecule has 1 N–H and O–H groups in total. The first-order valence-corrected chi connectivity index (χ1v) is 9.61. The summed E-state index contributed by atoms with van der Waals surface area (Å²) in [5.41, 5.74) is 2.43. The Kier molecular flexibility index (Phi) is 4.80. The molecule has 0 fully saturated rings. The van der Waals surface area contributed by atoms with Gasteiger partial charge in [-0.2, -0.15) is 0 Å². The average molecular weight is 489 g/mol. The van der Waals surface area contributed by atoms with E-state index in [4.69, 9.17) is 0 Å². The fourth-order valence-electron chi connectivity index (χ4n) is 2.77. The Morgan fingerprint density at radius 2 is 1.74 bits per heavy atom. The van der Waals surface area contributed by atoms with Gasteiger partial charge in [0.1, 0.15) is 17.3 Å². The number of anilines is 1. The number of fused-ring (bicyclic) bond motifs is 1. The molecular formula is C20H12Br2FN3O. The minimum Gasteiger partial charge on any atom is -0.306 e. The molecule has 4 rings (SSSR count). The minimum absolute atomic E-state index is 0.253. The molecule has 0 bridgehead atoms. The number of halogens is 3. The molecule has 0 aliphatic heterocycles. The molecule has 7 heteroatoms. The number of nitrogens with one attached hydrogen (secondary N) is 1. The zero-order chi connectivity index (χ0) is 19.0. The standard InChI is InChI=1S/C20H12Br2FN3O/c21-14-10-16(22)18-24-17(12-6-8-15(23)9-7-12)19(26(18)11-14)25-20(27)13-4-2-1-3-5-13/h1-11H,(H,25,27). The number of hydrogen-bond acceptors (Lipinski definition) is 2. The van der Waals surface area contributed by atoms with E-state index < -0.39 is 0 Å². The molecule has 2 aromatic carbocycles. The van der Waals surface area contributed by atoms with E-state index in [2.05, 4.69) is 42.2 Å². The van der Waals surface area contributed by atoms with Crippen molar-refractivity contribution in [1.29, 1.82) is 0 Å². The highest BCUT2D eigenvalue weighted by Crippen LogP contribution is 2.33. The number of carbonyl (C=O) groups is 1. The maximum atomic E-state index is 13.3. The summed E-state index contributed by atoms with van der Waals surface area (Å²) in [6.07, 6.45) is 1.82. The van der Waals surface area contributed by atoms with E-state index in [1.807, 2.05) is 18.3 Å². The summed E-state index contributed by atoms with van der Waals surface area (Å²) in [7, 11) is 0. The van der Waals surface area contributed by atoms with E-state index in [-0.39, 0.29) is 11.7 Å². The van der Waals surface area contributed by atoms with Crippen LogP contribution in [0.15, 0.2) is 75.8 Å². The van der Waals surface area contributed by atoms with Gasteiger partial charge in [-0.05, 0) is 74.3 Å². The van der Waals surface area contributed by atoms with Gasteiger partial charge in [-0.15, -0.1) is 0 Å². The Hall–Kier alpha value is -2.51. The number of amides is 1. The molecule has 0 saturated carbocycles. The number of pyridine rings is 1. The average Bonchev–Trinajstić information content (AvgIpc) is 3.02. The van der Waals surface area contributed by atoms with Crippen molar-refractivity contribution < 1.29 is 9.18 Å². The van der Waals surface area contributed by atoms with Crippen LogP contribution in [-0.4, -0.2) is 15.3 Å². The van der Waals surface area contributed by atoms with Crippen LogP contribution in [0.25, 0.3) is 16.9 Å². The lowest BCUT2D eigenvalue weighted by Crippen LogP contribution is -2.14. The van der Waals surface area contributed by atoms with Gasteiger partial charge < -0.3 is 5.32 Å². The van der Waals surface area contributed by atoms with Gasteiger partial charge in [0.05, 0.1) is 4.47 Å². The summed E-state index contributed by atoms with van der Waals surface area (Å²) < 4.78 is 16.7. The van der Waals surface area contributed by atoms with Crippen LogP contribution in [0.1, 0.15) is 10.4 Å². The normalized spacial score (nSPS) is 10.9. The first-order chi connectivity index (χ1) is 13.0. The first kappa shape index (κ1) is 17.9. The number of nitrogens with zero attached hydrogens (tertiary/aromatic N) is 2. The predicted molar refractivity (Wildman–Crippen MR) is 110 cm³/mol. The highest BCUT2D eigenvalue weighted by molar-refractivity contribution is 9.11. The molecule has 2 heterocycles. The summed E-state index contributed by atoms with van der Waals surface area (Å²) in [5, 5.41) is 2.94. The molecule has 0 aliphatic rings. The molecular weight excluding hydrogens is 477 g/mol. The molecule has 4 nitrogen and oxygen atoms in total. The molecule has 0 saturated heterocycles. The van der Waals surface area contributed by atoms with Gasteiger partial charge in [0.15, 0.2) is 5.65 Å². The van der Waals surface area contributed by atoms with Crippen LogP contribution >= 0.6 is 31.9 Å². The molecule has 0 radical (unpaired) electrons. The van der Waals surface area contributed by atoms with Gasteiger partial charge in [-0.25, -0.2) is 9.37 Å². The van der Waals surface area contributed by atoms with Crippen LogP contribution in [0.4, 0.5) is 10.2 Å². The summed E-state index contributed by atoms with van der Waals surface area (Å²) in [6.45, 7) is 0. The number of rotatable bonds is 3. The van der Waals surface area contributed by atoms with Gasteiger partial charge in [-0.3, -0.25) is 9.20 Å². The van der Waals surface area contributed by atoms with E-state index in [1.54, 1.807) is 40.8 Å². The van der Waals surface area contributed by atoms with Crippen LogP contribution in [0.5, 0.6) is 0 Å². The molecule has 4 aromatic rings. The van der Waals surface area contributed by atoms with Crippen LogP contribution in [-0.2, 0) is 0 Å². The van der Waals surface area contributed by atoms with E-state index in [0.29, 0.717) is 28.3 Å². The third kappa shape index (κ3) is 3.52. The van der Waals surface area contributed by atoms with E-state index in [9.17, 15) is 9.18 Å². The molecule has 0 atom stereocenters. The number of hydrogen-bond donors (Lipinski definition) is 1. The second kappa shape index (κ2) is 7.25. The fourth-order valence-corrected chi connectivity index (χ4v) is 4.04. The number of imidazole rings is 1. The predicted octanol–water partition coefficient (Wildman–Crippen LogP) is 5.92. The van der Waals surface area contributed by atoms with Crippen molar-refractivity contribution in [1.82, 2.24) is 9.38 Å². The molecule has 134 valence electrons.